The topological polar surface area (TPSA) is 72.8 Å². The third-order valence-corrected chi connectivity index (χ3v) is 6.36. The number of benzene rings is 2. The molecule has 2 aromatic heterocycles. The van der Waals surface area contributed by atoms with Gasteiger partial charge in [-0.1, -0.05) is 53.6 Å². The molecule has 0 spiro atoms. The van der Waals surface area contributed by atoms with Gasteiger partial charge >= 0.3 is 0 Å². The first-order chi connectivity index (χ1) is 15.6. The average molecular weight is 437 g/mol. The molecule has 2 N–H and O–H groups in total. The number of hydrogen-bond donors (Lipinski definition) is 2. The Morgan fingerprint density at radius 2 is 1.66 bits per heavy atom. The van der Waals surface area contributed by atoms with Crippen LogP contribution >= 0.6 is 0 Å². The lowest BCUT2D eigenvalue weighted by Crippen LogP contribution is -2.62. The van der Waals surface area contributed by atoms with Crippen LogP contribution < -0.4 is 9.88 Å². The fourth-order valence-electron chi connectivity index (χ4n) is 4.54. The van der Waals surface area contributed by atoms with E-state index in [-0.39, 0.29) is 5.03 Å². The highest BCUT2D eigenvalue weighted by atomic mass is 32.1. The number of nitrogens with one attached hydrogen (secondary N) is 1. The van der Waals surface area contributed by atoms with Gasteiger partial charge in [-0.05, 0) is 29.1 Å². The molecular weight excluding hydrogens is 416 g/mol. The van der Waals surface area contributed by atoms with Crippen molar-refractivity contribution in [2.45, 2.75) is 17.7 Å². The van der Waals surface area contributed by atoms with E-state index in [1.54, 1.807) is 12.4 Å². The Bertz CT molecular complexity index is 1350. The van der Waals surface area contributed by atoms with E-state index in [4.69, 9.17) is 12.6 Å². The van der Waals surface area contributed by atoms with Gasteiger partial charge < -0.3 is 23.1 Å². The summed E-state index contributed by atoms with van der Waals surface area (Å²) in [4.78, 5) is 4.13. The van der Waals surface area contributed by atoms with Crippen LogP contribution in [0.3, 0.4) is 0 Å². The first kappa shape index (κ1) is 20.1. The minimum atomic E-state index is -1.54. The Morgan fingerprint density at radius 1 is 0.969 bits per heavy atom. The summed E-state index contributed by atoms with van der Waals surface area (Å²) in [6, 6.07) is 24.9. The van der Waals surface area contributed by atoms with Crippen LogP contribution in [0.4, 0.5) is 0 Å². The fraction of sp³-hybridized carbons (Fsp3) is 0.115. The lowest BCUT2D eigenvalue weighted by Gasteiger charge is -2.45. The number of hydrogen-bond acceptors (Lipinski definition) is 5. The SMILES string of the molecule is N#CC1=C([S-])NC(O)(c2ccccc2)C([n+]2ccc3ccccc3c2)C1c1ccncc1. The van der Waals surface area contributed by atoms with E-state index >= 15 is 0 Å². The van der Waals surface area contributed by atoms with Crippen LogP contribution in [0.2, 0.25) is 0 Å². The minimum absolute atomic E-state index is 0.248. The van der Waals surface area contributed by atoms with Crippen molar-refractivity contribution >= 4 is 23.4 Å². The molecule has 0 saturated heterocycles. The number of fused-ring (bicyclic) bond motifs is 1. The van der Waals surface area contributed by atoms with Crippen LogP contribution in [0.15, 0.2) is 108 Å². The quantitative estimate of drug-likeness (QED) is 0.379. The number of aliphatic hydroxyl groups is 1. The Labute approximate surface area is 191 Å². The Kier molecular flexibility index (Phi) is 5.06. The molecule has 6 heteroatoms. The fourth-order valence-corrected chi connectivity index (χ4v) is 4.87. The van der Waals surface area contributed by atoms with E-state index in [1.807, 2.05) is 89.8 Å². The van der Waals surface area contributed by atoms with Gasteiger partial charge in [0, 0.05) is 35.0 Å². The van der Waals surface area contributed by atoms with Gasteiger partial charge in [-0.15, -0.1) is 0 Å². The van der Waals surface area contributed by atoms with Gasteiger partial charge in [0.1, 0.15) is 0 Å². The normalized spacial score (nSPS) is 22.9. The third-order valence-electron chi connectivity index (χ3n) is 6.03. The zero-order chi connectivity index (χ0) is 22.1. The molecule has 0 fully saturated rings. The zero-order valence-corrected chi connectivity index (χ0v) is 17.9. The zero-order valence-electron chi connectivity index (χ0n) is 17.1. The Hall–Kier alpha value is -3.79. The first-order valence-electron chi connectivity index (χ1n) is 10.3. The average Bonchev–Trinajstić information content (AvgIpc) is 2.84. The standard InChI is InChI=1S/C26H20N4OS/c27-16-22-23(19-10-13-28-14-11-19)24(30-15-12-18-6-4-5-7-20(18)17-30)26(31,29-25(22)32)21-8-2-1-3-9-21/h1-15,17,23-24,29,31H. The molecule has 5 nitrogen and oxygen atoms in total. The maximum Gasteiger partial charge on any atom is 0.225 e. The summed E-state index contributed by atoms with van der Waals surface area (Å²) >= 11 is 5.58. The Morgan fingerprint density at radius 3 is 2.38 bits per heavy atom. The number of rotatable bonds is 3. The largest absolute Gasteiger partial charge is 0.762 e. The van der Waals surface area contributed by atoms with Gasteiger partial charge in [-0.3, -0.25) is 4.98 Å². The highest BCUT2D eigenvalue weighted by molar-refractivity contribution is 7.63. The van der Waals surface area contributed by atoms with Crippen molar-refractivity contribution in [1.82, 2.24) is 10.3 Å². The molecule has 32 heavy (non-hydrogen) atoms. The summed E-state index contributed by atoms with van der Waals surface area (Å²) in [7, 11) is 0. The summed E-state index contributed by atoms with van der Waals surface area (Å²) in [5.74, 6) is -0.479. The van der Waals surface area contributed by atoms with Crippen molar-refractivity contribution in [1.29, 1.82) is 5.26 Å². The third kappa shape index (κ3) is 3.28. The van der Waals surface area contributed by atoms with Crippen LogP contribution in [-0.4, -0.2) is 10.1 Å². The van der Waals surface area contributed by atoms with E-state index in [1.165, 1.54) is 0 Å². The van der Waals surface area contributed by atoms with Gasteiger partial charge in [0.05, 0.1) is 12.0 Å². The maximum absolute atomic E-state index is 12.2. The molecule has 0 bridgehead atoms. The number of nitriles is 1. The molecule has 0 aliphatic carbocycles. The highest BCUT2D eigenvalue weighted by Crippen LogP contribution is 2.46. The smallest absolute Gasteiger partial charge is 0.225 e. The van der Waals surface area contributed by atoms with Crippen molar-refractivity contribution in [3.05, 3.63) is 119 Å². The molecule has 3 atom stereocenters. The van der Waals surface area contributed by atoms with Gasteiger partial charge in [-0.25, -0.2) is 0 Å². The van der Waals surface area contributed by atoms with Crippen LogP contribution in [0.5, 0.6) is 0 Å². The van der Waals surface area contributed by atoms with Gasteiger partial charge in [0.15, 0.2) is 12.4 Å². The molecule has 2 aromatic carbocycles. The summed E-state index contributed by atoms with van der Waals surface area (Å²) < 4.78 is 1.98. The van der Waals surface area contributed by atoms with Crippen LogP contribution in [0.1, 0.15) is 23.1 Å². The van der Waals surface area contributed by atoms with E-state index in [9.17, 15) is 10.4 Å². The number of aromatic nitrogens is 2. The molecule has 0 amide bonds. The molecule has 5 rings (SSSR count). The lowest BCUT2D eigenvalue weighted by atomic mass is 9.75. The van der Waals surface area contributed by atoms with E-state index in [0.717, 1.165) is 16.3 Å². The molecule has 0 radical (unpaired) electrons. The molecule has 1 aliphatic rings. The number of pyridine rings is 2. The molecule has 156 valence electrons. The monoisotopic (exact) mass is 436 g/mol. The van der Waals surface area contributed by atoms with Crippen molar-refractivity contribution < 1.29 is 9.67 Å². The maximum atomic E-state index is 12.2. The van der Waals surface area contributed by atoms with Gasteiger partial charge in [-0.2, -0.15) is 9.83 Å². The predicted octanol–water partition coefficient (Wildman–Crippen LogP) is 3.58. The lowest BCUT2D eigenvalue weighted by molar-refractivity contribution is -0.742. The second kappa shape index (κ2) is 8.04. The number of allylic oxidation sites excluding steroid dienone is 1. The molecule has 3 heterocycles. The highest BCUT2D eigenvalue weighted by Gasteiger charge is 2.54. The van der Waals surface area contributed by atoms with E-state index in [0.29, 0.717) is 11.1 Å². The van der Waals surface area contributed by atoms with Gasteiger partial charge in [0.25, 0.3) is 0 Å². The van der Waals surface area contributed by atoms with Crippen molar-refractivity contribution in [3.8, 4) is 6.07 Å². The van der Waals surface area contributed by atoms with Crippen molar-refractivity contribution in [3.63, 3.8) is 0 Å². The van der Waals surface area contributed by atoms with E-state index < -0.39 is 17.7 Å². The summed E-state index contributed by atoms with van der Waals surface area (Å²) in [6.07, 6.45) is 7.34. The summed E-state index contributed by atoms with van der Waals surface area (Å²) in [5.41, 5.74) is 0.404. The van der Waals surface area contributed by atoms with Crippen LogP contribution in [0, 0.1) is 11.3 Å². The predicted molar refractivity (Wildman–Crippen MR) is 124 cm³/mol. The molecule has 1 aliphatic heterocycles. The molecule has 3 unspecified atom stereocenters. The molecule has 0 saturated carbocycles. The Balaban J connectivity index is 1.81. The van der Waals surface area contributed by atoms with Crippen LogP contribution in [0.25, 0.3) is 10.8 Å². The number of nitrogens with zero attached hydrogens (tertiary/aromatic N) is 3. The van der Waals surface area contributed by atoms with Crippen LogP contribution in [-0.2, 0) is 18.4 Å². The summed E-state index contributed by atoms with van der Waals surface area (Å²) in [6.45, 7) is 0. The van der Waals surface area contributed by atoms with Crippen molar-refractivity contribution in [2.75, 3.05) is 0 Å². The second-order valence-corrected chi connectivity index (χ2v) is 8.24. The first-order valence-corrected chi connectivity index (χ1v) is 10.7. The molecular formula is C26H20N4OS. The molecule has 4 aromatic rings. The van der Waals surface area contributed by atoms with E-state index in [2.05, 4.69) is 16.4 Å². The second-order valence-electron chi connectivity index (χ2n) is 7.84. The van der Waals surface area contributed by atoms with Crippen molar-refractivity contribution in [2.24, 2.45) is 0 Å². The minimum Gasteiger partial charge on any atom is -0.762 e. The summed E-state index contributed by atoms with van der Waals surface area (Å²) in [5, 5.41) is 27.7. The van der Waals surface area contributed by atoms with Gasteiger partial charge in [0.2, 0.25) is 11.8 Å².